The minimum Gasteiger partial charge on any atom is -0.497 e. The zero-order chi connectivity index (χ0) is 20.7. The number of methoxy groups -OCH3 is 2. The molecule has 1 saturated heterocycles. The molecule has 2 aromatic heterocycles. The average Bonchev–Trinajstić information content (AvgIpc) is 3.35. The summed E-state index contributed by atoms with van der Waals surface area (Å²) in [6, 6.07) is 5.61. The lowest BCUT2D eigenvalue weighted by Crippen LogP contribution is -2.30. The van der Waals surface area contributed by atoms with E-state index in [2.05, 4.69) is 4.98 Å². The van der Waals surface area contributed by atoms with Crippen molar-refractivity contribution in [1.82, 2.24) is 14.5 Å². The van der Waals surface area contributed by atoms with E-state index in [-0.39, 0.29) is 17.5 Å². The van der Waals surface area contributed by atoms with Crippen LogP contribution in [0.3, 0.4) is 0 Å². The number of nitrogens with zero attached hydrogens (tertiary/aromatic N) is 3. The first-order chi connectivity index (χ1) is 14.0. The van der Waals surface area contributed by atoms with E-state index in [1.807, 2.05) is 30.0 Å². The molecule has 3 aromatic rings. The molecule has 0 saturated carbocycles. The van der Waals surface area contributed by atoms with E-state index in [9.17, 15) is 9.59 Å². The van der Waals surface area contributed by atoms with Gasteiger partial charge in [-0.25, -0.2) is 4.98 Å². The lowest BCUT2D eigenvalue weighted by molar-refractivity contribution is 0.0738. The highest BCUT2D eigenvalue weighted by atomic mass is 32.1. The highest BCUT2D eigenvalue weighted by Crippen LogP contribution is 2.40. The summed E-state index contributed by atoms with van der Waals surface area (Å²) in [5.41, 5.74) is 1.54. The van der Waals surface area contributed by atoms with Crippen molar-refractivity contribution in [2.24, 2.45) is 7.05 Å². The topological polar surface area (TPSA) is 73.7 Å². The number of carbonyl (C=O) groups is 1. The Balaban J connectivity index is 1.74. The van der Waals surface area contributed by atoms with Gasteiger partial charge in [-0.15, -0.1) is 11.3 Å². The summed E-state index contributed by atoms with van der Waals surface area (Å²) in [6.45, 7) is 2.49. The van der Waals surface area contributed by atoms with Crippen molar-refractivity contribution in [3.8, 4) is 11.5 Å². The second-order valence-corrected chi connectivity index (χ2v) is 8.16. The number of hydrogen-bond acceptors (Lipinski definition) is 6. The highest BCUT2D eigenvalue weighted by molar-refractivity contribution is 7.20. The highest BCUT2D eigenvalue weighted by Gasteiger charge is 2.34. The zero-order valence-electron chi connectivity index (χ0n) is 16.9. The lowest BCUT2D eigenvalue weighted by atomic mass is 10.0. The number of hydrogen-bond donors (Lipinski definition) is 0. The van der Waals surface area contributed by atoms with Crippen molar-refractivity contribution in [3.05, 3.63) is 50.9 Å². The van der Waals surface area contributed by atoms with Gasteiger partial charge in [-0.05, 0) is 37.5 Å². The maximum Gasteiger partial charge on any atom is 0.264 e. The van der Waals surface area contributed by atoms with Gasteiger partial charge in [0, 0.05) is 25.2 Å². The van der Waals surface area contributed by atoms with Crippen LogP contribution < -0.4 is 15.0 Å². The monoisotopic (exact) mass is 413 g/mol. The third kappa shape index (κ3) is 3.17. The Morgan fingerprint density at radius 3 is 2.79 bits per heavy atom. The van der Waals surface area contributed by atoms with Gasteiger partial charge in [-0.1, -0.05) is 0 Å². The third-order valence-electron chi connectivity index (χ3n) is 5.52. The number of carbonyl (C=O) groups excluding carboxylic acids is 1. The Labute approximate surface area is 172 Å². The first kappa shape index (κ1) is 19.4. The first-order valence-corrected chi connectivity index (χ1v) is 10.3. The lowest BCUT2D eigenvalue weighted by Gasteiger charge is -2.26. The number of rotatable bonds is 4. The van der Waals surface area contributed by atoms with Crippen LogP contribution in [0, 0.1) is 6.92 Å². The van der Waals surface area contributed by atoms with Crippen LogP contribution in [-0.2, 0) is 7.05 Å². The van der Waals surface area contributed by atoms with Gasteiger partial charge in [0.15, 0.2) is 0 Å². The fourth-order valence-electron chi connectivity index (χ4n) is 3.97. The van der Waals surface area contributed by atoms with Crippen LogP contribution in [0.5, 0.6) is 11.5 Å². The summed E-state index contributed by atoms with van der Waals surface area (Å²) >= 11 is 1.29. The Hall–Kier alpha value is -2.87. The summed E-state index contributed by atoms with van der Waals surface area (Å²) in [6.07, 6.45) is 3.27. The fourth-order valence-corrected chi connectivity index (χ4v) is 5.07. The Bertz CT molecular complexity index is 1150. The zero-order valence-corrected chi connectivity index (χ0v) is 17.7. The maximum absolute atomic E-state index is 13.5. The second-order valence-electron chi connectivity index (χ2n) is 7.16. The minimum atomic E-state index is -0.127. The quantitative estimate of drug-likeness (QED) is 0.656. The second kappa shape index (κ2) is 7.51. The molecule has 29 heavy (non-hydrogen) atoms. The summed E-state index contributed by atoms with van der Waals surface area (Å²) in [4.78, 5) is 33.4. The smallest absolute Gasteiger partial charge is 0.264 e. The molecule has 7 nitrogen and oxygen atoms in total. The molecule has 8 heteroatoms. The van der Waals surface area contributed by atoms with Crippen molar-refractivity contribution in [3.63, 3.8) is 0 Å². The SMILES string of the molecule is COc1ccc([C@@H]2CCCN2C(=O)c2sc3ncn(C)c(=O)c3c2C)c(OC)c1. The molecule has 1 aromatic carbocycles. The molecule has 0 radical (unpaired) electrons. The first-order valence-electron chi connectivity index (χ1n) is 9.44. The van der Waals surface area contributed by atoms with Crippen LogP contribution in [-0.4, -0.2) is 41.1 Å². The van der Waals surface area contributed by atoms with Crippen molar-refractivity contribution >= 4 is 27.5 Å². The van der Waals surface area contributed by atoms with E-state index >= 15 is 0 Å². The van der Waals surface area contributed by atoms with Gasteiger partial charge in [0.2, 0.25) is 0 Å². The molecule has 0 bridgehead atoms. The van der Waals surface area contributed by atoms with E-state index < -0.39 is 0 Å². The van der Waals surface area contributed by atoms with Crippen LogP contribution in [0.4, 0.5) is 0 Å². The summed E-state index contributed by atoms with van der Waals surface area (Å²) in [5.74, 6) is 1.36. The number of likely N-dealkylation sites (tertiary alicyclic amines) is 1. The number of aromatic nitrogens is 2. The van der Waals surface area contributed by atoms with Crippen molar-refractivity contribution < 1.29 is 14.3 Å². The number of aryl methyl sites for hydroxylation is 2. The van der Waals surface area contributed by atoms with Gasteiger partial charge in [0.1, 0.15) is 16.3 Å². The Morgan fingerprint density at radius 2 is 2.07 bits per heavy atom. The molecule has 0 N–H and O–H groups in total. The molecule has 3 heterocycles. The van der Waals surface area contributed by atoms with Crippen LogP contribution >= 0.6 is 11.3 Å². The predicted octanol–water partition coefficient (Wildman–Crippen LogP) is 3.30. The van der Waals surface area contributed by atoms with Crippen molar-refractivity contribution in [2.45, 2.75) is 25.8 Å². The number of ether oxygens (including phenoxy) is 2. The third-order valence-corrected chi connectivity index (χ3v) is 6.71. The number of thiophene rings is 1. The van der Waals surface area contributed by atoms with Crippen LogP contribution in [0.25, 0.3) is 10.2 Å². The fraction of sp³-hybridized carbons (Fsp3) is 0.381. The van der Waals surface area contributed by atoms with E-state index in [1.165, 1.54) is 22.2 Å². The van der Waals surface area contributed by atoms with Crippen LogP contribution in [0.2, 0.25) is 0 Å². The molecular formula is C21H23N3O4S. The van der Waals surface area contributed by atoms with Gasteiger partial charge in [0.05, 0.1) is 36.9 Å². The normalized spacial score (nSPS) is 16.4. The summed E-state index contributed by atoms with van der Waals surface area (Å²) < 4.78 is 12.3. The van der Waals surface area contributed by atoms with E-state index in [4.69, 9.17) is 9.47 Å². The summed E-state index contributed by atoms with van der Waals surface area (Å²) in [7, 11) is 4.90. The molecule has 1 amide bonds. The Morgan fingerprint density at radius 1 is 1.28 bits per heavy atom. The molecule has 1 fully saturated rings. The van der Waals surface area contributed by atoms with Crippen molar-refractivity contribution in [2.75, 3.05) is 20.8 Å². The predicted molar refractivity (Wildman–Crippen MR) is 112 cm³/mol. The van der Waals surface area contributed by atoms with Gasteiger partial charge < -0.3 is 18.9 Å². The standard InChI is InChI=1S/C21H23N3O4S/c1-12-17-19(22-11-23(2)20(17)25)29-18(12)21(26)24-9-5-6-15(24)14-8-7-13(27-3)10-16(14)28-4/h7-8,10-11,15H,5-6,9H2,1-4H3/t15-/m0/s1. The Kier molecular flexibility index (Phi) is 5.04. The molecular weight excluding hydrogens is 390 g/mol. The molecule has 152 valence electrons. The summed E-state index contributed by atoms with van der Waals surface area (Å²) in [5, 5.41) is 0.529. The molecule has 0 spiro atoms. The molecule has 1 aliphatic rings. The van der Waals surface area contributed by atoms with E-state index in [1.54, 1.807) is 21.3 Å². The minimum absolute atomic E-state index is 0.0621. The van der Waals surface area contributed by atoms with Gasteiger partial charge in [-0.3, -0.25) is 9.59 Å². The molecule has 4 rings (SSSR count). The largest absolute Gasteiger partial charge is 0.497 e. The van der Waals surface area contributed by atoms with Crippen LogP contribution in [0.15, 0.2) is 29.3 Å². The van der Waals surface area contributed by atoms with Crippen molar-refractivity contribution in [1.29, 1.82) is 0 Å². The number of benzene rings is 1. The number of fused-ring (bicyclic) bond motifs is 1. The van der Waals surface area contributed by atoms with E-state index in [0.29, 0.717) is 38.7 Å². The van der Waals surface area contributed by atoms with E-state index in [0.717, 1.165) is 18.4 Å². The molecule has 0 unspecified atom stereocenters. The molecule has 1 atom stereocenters. The van der Waals surface area contributed by atoms with Gasteiger partial charge in [0.25, 0.3) is 11.5 Å². The molecule has 0 aliphatic carbocycles. The van der Waals surface area contributed by atoms with Gasteiger partial charge >= 0.3 is 0 Å². The number of amides is 1. The molecule has 1 aliphatic heterocycles. The van der Waals surface area contributed by atoms with Gasteiger partial charge in [-0.2, -0.15) is 0 Å². The maximum atomic E-state index is 13.5. The average molecular weight is 413 g/mol. The van der Waals surface area contributed by atoms with Crippen LogP contribution in [0.1, 0.15) is 39.7 Å².